The van der Waals surface area contributed by atoms with Gasteiger partial charge in [0.1, 0.15) is 0 Å². The Morgan fingerprint density at radius 2 is 2.00 bits per heavy atom. The number of nitrogens with zero attached hydrogens (tertiary/aromatic N) is 1. The monoisotopic (exact) mass is 192 g/mol. The molecule has 74 valence electrons. The number of carbonyl (C=O) groups is 1. The summed E-state index contributed by atoms with van der Waals surface area (Å²) in [6.45, 7) is 1.81. The number of hydrogen-bond donors (Lipinski definition) is 1. The molecule has 0 radical (unpaired) electrons. The topological polar surface area (TPSA) is 50.7 Å². The number of benzene rings is 1. The van der Waals surface area contributed by atoms with Crippen LogP contribution in [0, 0.1) is 0 Å². The summed E-state index contributed by atoms with van der Waals surface area (Å²) >= 11 is 0. The number of ether oxygens (including phenoxy) is 1. The van der Waals surface area contributed by atoms with Gasteiger partial charge in [-0.15, -0.1) is 0 Å². The first-order valence-electron chi connectivity index (χ1n) is 4.17. The molecule has 0 aliphatic heterocycles. The van der Waals surface area contributed by atoms with Crippen LogP contribution in [-0.4, -0.2) is 18.9 Å². The van der Waals surface area contributed by atoms with Crippen LogP contribution in [0.15, 0.2) is 35.4 Å². The molecule has 0 unspecified atom stereocenters. The summed E-state index contributed by atoms with van der Waals surface area (Å²) in [4.78, 5) is 10.7. The third kappa shape index (κ3) is 2.90. The molecule has 1 aromatic carbocycles. The smallest absolute Gasteiger partial charge is 0.427 e. The van der Waals surface area contributed by atoms with Gasteiger partial charge in [-0.1, -0.05) is 30.3 Å². The van der Waals surface area contributed by atoms with E-state index in [9.17, 15) is 4.79 Å². The molecule has 0 saturated carbocycles. The van der Waals surface area contributed by atoms with Crippen molar-refractivity contribution in [3.05, 3.63) is 35.9 Å². The van der Waals surface area contributed by atoms with Crippen molar-refractivity contribution in [2.24, 2.45) is 5.10 Å². The molecule has 0 bridgehead atoms. The minimum Gasteiger partial charge on any atom is -0.452 e. The highest BCUT2D eigenvalue weighted by Crippen LogP contribution is 1.99. The highest BCUT2D eigenvalue weighted by Gasteiger charge is 1.97. The van der Waals surface area contributed by atoms with Crippen molar-refractivity contribution in [1.29, 1.82) is 0 Å². The summed E-state index contributed by atoms with van der Waals surface area (Å²) < 4.78 is 4.38. The molecule has 0 heterocycles. The molecule has 0 atom stereocenters. The molecule has 0 saturated heterocycles. The standard InChI is InChI=1S/C10H12N2O2/c1-8(11-12-10(13)14-2)9-6-4-3-5-7-9/h3-7H,1-2H3,(H,12,13)/b11-8+. The Morgan fingerprint density at radius 1 is 1.36 bits per heavy atom. The lowest BCUT2D eigenvalue weighted by Gasteiger charge is -2.00. The van der Waals surface area contributed by atoms with Crippen LogP contribution < -0.4 is 5.43 Å². The quantitative estimate of drug-likeness (QED) is 0.573. The molecule has 4 heteroatoms. The van der Waals surface area contributed by atoms with E-state index in [-0.39, 0.29) is 0 Å². The van der Waals surface area contributed by atoms with Crippen molar-refractivity contribution in [3.8, 4) is 0 Å². The lowest BCUT2D eigenvalue weighted by atomic mass is 10.1. The van der Waals surface area contributed by atoms with Crippen LogP contribution >= 0.6 is 0 Å². The number of rotatable bonds is 2. The third-order valence-corrected chi connectivity index (χ3v) is 1.69. The van der Waals surface area contributed by atoms with Gasteiger partial charge in [-0.05, 0) is 12.5 Å². The maximum Gasteiger partial charge on any atom is 0.427 e. The van der Waals surface area contributed by atoms with Crippen molar-refractivity contribution < 1.29 is 9.53 Å². The Hall–Kier alpha value is -1.84. The number of nitrogens with one attached hydrogen (secondary N) is 1. The largest absolute Gasteiger partial charge is 0.452 e. The van der Waals surface area contributed by atoms with E-state index in [1.165, 1.54) is 7.11 Å². The molecule has 1 amide bonds. The van der Waals surface area contributed by atoms with E-state index in [2.05, 4.69) is 15.3 Å². The summed E-state index contributed by atoms with van der Waals surface area (Å²) in [6, 6.07) is 9.57. The van der Waals surface area contributed by atoms with E-state index in [1.54, 1.807) is 0 Å². The fraction of sp³-hybridized carbons (Fsp3) is 0.200. The minimum atomic E-state index is -0.569. The van der Waals surface area contributed by atoms with Crippen molar-refractivity contribution in [2.75, 3.05) is 7.11 Å². The number of methoxy groups -OCH3 is 1. The Kier molecular flexibility index (Phi) is 3.67. The van der Waals surface area contributed by atoms with Crippen LogP contribution in [-0.2, 0) is 4.74 Å². The number of hydrogen-bond acceptors (Lipinski definition) is 3. The zero-order valence-corrected chi connectivity index (χ0v) is 8.15. The SMILES string of the molecule is COC(=O)N/N=C(\C)c1ccccc1. The average Bonchev–Trinajstić information content (AvgIpc) is 2.26. The highest BCUT2D eigenvalue weighted by atomic mass is 16.5. The molecule has 0 spiro atoms. The second-order valence-corrected chi connectivity index (χ2v) is 2.67. The van der Waals surface area contributed by atoms with Crippen LogP contribution in [0.3, 0.4) is 0 Å². The van der Waals surface area contributed by atoms with Gasteiger partial charge < -0.3 is 4.74 Å². The van der Waals surface area contributed by atoms with Gasteiger partial charge in [0.05, 0.1) is 12.8 Å². The molecule has 1 rings (SSSR count). The van der Waals surface area contributed by atoms with E-state index in [0.29, 0.717) is 0 Å². The Morgan fingerprint density at radius 3 is 2.57 bits per heavy atom. The summed E-state index contributed by atoms with van der Waals surface area (Å²) in [5, 5.41) is 3.86. The molecule has 14 heavy (non-hydrogen) atoms. The van der Waals surface area contributed by atoms with Crippen molar-refractivity contribution in [1.82, 2.24) is 5.43 Å². The first-order valence-corrected chi connectivity index (χ1v) is 4.17. The van der Waals surface area contributed by atoms with Gasteiger partial charge in [-0.2, -0.15) is 5.10 Å². The van der Waals surface area contributed by atoms with Gasteiger partial charge >= 0.3 is 6.09 Å². The Balaban J connectivity index is 2.66. The van der Waals surface area contributed by atoms with Gasteiger partial charge in [0.15, 0.2) is 0 Å². The highest BCUT2D eigenvalue weighted by molar-refractivity contribution is 5.98. The van der Waals surface area contributed by atoms with Crippen LogP contribution in [0.2, 0.25) is 0 Å². The molecular weight excluding hydrogens is 180 g/mol. The molecule has 0 aliphatic rings. The van der Waals surface area contributed by atoms with Crippen molar-refractivity contribution in [3.63, 3.8) is 0 Å². The number of carbonyl (C=O) groups excluding carboxylic acids is 1. The summed E-state index contributed by atoms with van der Waals surface area (Å²) in [6.07, 6.45) is -0.569. The molecular formula is C10H12N2O2. The second kappa shape index (κ2) is 5.01. The maximum atomic E-state index is 10.7. The Labute approximate surface area is 82.6 Å². The van der Waals surface area contributed by atoms with Gasteiger partial charge in [0.25, 0.3) is 0 Å². The average molecular weight is 192 g/mol. The predicted molar refractivity (Wildman–Crippen MR) is 54.2 cm³/mol. The zero-order chi connectivity index (χ0) is 10.4. The normalized spacial score (nSPS) is 10.9. The van der Waals surface area contributed by atoms with E-state index in [0.717, 1.165) is 11.3 Å². The fourth-order valence-corrected chi connectivity index (χ4v) is 0.919. The molecule has 1 aromatic rings. The van der Waals surface area contributed by atoms with E-state index in [4.69, 9.17) is 0 Å². The Bertz CT molecular complexity index is 333. The van der Waals surface area contributed by atoms with Crippen molar-refractivity contribution in [2.45, 2.75) is 6.92 Å². The first-order chi connectivity index (χ1) is 6.74. The van der Waals surface area contributed by atoms with E-state index < -0.39 is 6.09 Å². The first kappa shape index (κ1) is 10.2. The van der Waals surface area contributed by atoms with Crippen LogP contribution in [0.25, 0.3) is 0 Å². The summed E-state index contributed by atoms with van der Waals surface area (Å²) in [7, 11) is 1.29. The van der Waals surface area contributed by atoms with Gasteiger partial charge in [-0.3, -0.25) is 0 Å². The molecule has 4 nitrogen and oxygen atoms in total. The van der Waals surface area contributed by atoms with Crippen molar-refractivity contribution >= 4 is 11.8 Å². The lowest BCUT2D eigenvalue weighted by Crippen LogP contribution is -2.18. The van der Waals surface area contributed by atoms with Crippen LogP contribution in [0.4, 0.5) is 4.79 Å². The van der Waals surface area contributed by atoms with Crippen LogP contribution in [0.1, 0.15) is 12.5 Å². The number of amides is 1. The van der Waals surface area contributed by atoms with Gasteiger partial charge in [-0.25, -0.2) is 10.2 Å². The molecule has 0 aliphatic carbocycles. The predicted octanol–water partition coefficient (Wildman–Crippen LogP) is 1.77. The third-order valence-electron chi connectivity index (χ3n) is 1.69. The maximum absolute atomic E-state index is 10.7. The molecule has 0 aromatic heterocycles. The summed E-state index contributed by atoms with van der Waals surface area (Å²) in [5.74, 6) is 0. The lowest BCUT2D eigenvalue weighted by molar-refractivity contribution is 0.171. The van der Waals surface area contributed by atoms with Gasteiger partial charge in [0, 0.05) is 0 Å². The molecule has 0 fully saturated rings. The van der Waals surface area contributed by atoms with Gasteiger partial charge in [0.2, 0.25) is 0 Å². The summed E-state index contributed by atoms with van der Waals surface area (Å²) in [5.41, 5.74) is 3.95. The zero-order valence-electron chi connectivity index (χ0n) is 8.15. The number of hydrazone groups is 1. The van der Waals surface area contributed by atoms with Crippen LogP contribution in [0.5, 0.6) is 0 Å². The van der Waals surface area contributed by atoms with E-state index >= 15 is 0 Å². The fourth-order valence-electron chi connectivity index (χ4n) is 0.919. The molecule has 1 N–H and O–H groups in total. The second-order valence-electron chi connectivity index (χ2n) is 2.67. The van der Waals surface area contributed by atoms with E-state index in [1.807, 2.05) is 37.3 Å². The minimum absolute atomic E-state index is 0.569.